The van der Waals surface area contributed by atoms with E-state index in [0.29, 0.717) is 5.92 Å². The van der Waals surface area contributed by atoms with Crippen LogP contribution in [0.15, 0.2) is 75.8 Å². The Morgan fingerprint density at radius 1 is 1.03 bits per heavy atom. The van der Waals surface area contributed by atoms with Gasteiger partial charge in [-0.3, -0.25) is 4.99 Å². The molecule has 1 aliphatic heterocycles. The monoisotopic (exact) mass is 390 g/mol. The van der Waals surface area contributed by atoms with Crippen LogP contribution in [-0.4, -0.2) is 18.1 Å². The number of rotatable bonds is 1. The number of benzene rings is 2. The van der Waals surface area contributed by atoms with Crippen molar-refractivity contribution in [3.8, 4) is 0 Å². The average Bonchev–Trinajstić information content (AvgIpc) is 3.34. The number of hydrogen-bond donors (Lipinski definition) is 0. The second kappa shape index (κ2) is 5.52. The Balaban J connectivity index is 1.51. The van der Waals surface area contributed by atoms with Gasteiger partial charge in [-0.25, -0.2) is 4.99 Å². The maximum Gasteiger partial charge on any atom is 0.111 e. The highest BCUT2D eigenvalue weighted by atomic mass is 32.1. The summed E-state index contributed by atoms with van der Waals surface area (Å²) in [5, 5.41) is 2.78. The van der Waals surface area contributed by atoms with E-state index in [2.05, 4.69) is 77.6 Å². The summed E-state index contributed by atoms with van der Waals surface area (Å²) >= 11 is 1.91. The molecule has 138 valence electrons. The SMILES string of the molecule is CC1N=CN=C1c1ccc2c(c1)sc1cc3c4c(c12)C=CC1=CC=CC(=CC3)C14. The Morgan fingerprint density at radius 2 is 2.00 bits per heavy atom. The Hall–Kier alpha value is -3.04. The third-order valence-electron chi connectivity index (χ3n) is 6.64. The van der Waals surface area contributed by atoms with E-state index in [-0.39, 0.29) is 6.04 Å². The van der Waals surface area contributed by atoms with Crippen molar-refractivity contribution in [2.75, 3.05) is 0 Å². The first-order chi connectivity index (χ1) is 14.3. The minimum atomic E-state index is 0.146. The van der Waals surface area contributed by atoms with E-state index >= 15 is 0 Å². The van der Waals surface area contributed by atoms with Crippen LogP contribution in [-0.2, 0) is 6.42 Å². The van der Waals surface area contributed by atoms with Crippen molar-refractivity contribution in [1.29, 1.82) is 0 Å². The highest BCUT2D eigenvalue weighted by molar-refractivity contribution is 7.25. The molecular formula is C26H18N2S. The molecular weight excluding hydrogens is 372 g/mol. The molecule has 2 aromatic carbocycles. The van der Waals surface area contributed by atoms with Crippen LogP contribution < -0.4 is 0 Å². The van der Waals surface area contributed by atoms with Crippen molar-refractivity contribution < 1.29 is 0 Å². The lowest BCUT2D eigenvalue weighted by Gasteiger charge is -2.33. The molecule has 3 heteroatoms. The molecule has 2 nitrogen and oxygen atoms in total. The zero-order valence-corrected chi connectivity index (χ0v) is 16.8. The first-order valence-corrected chi connectivity index (χ1v) is 11.0. The van der Waals surface area contributed by atoms with Gasteiger partial charge in [0.1, 0.15) is 6.34 Å². The number of hydrogen-bond acceptors (Lipinski definition) is 3. The second-order valence-corrected chi connectivity index (χ2v) is 9.29. The zero-order valence-electron chi connectivity index (χ0n) is 16.0. The van der Waals surface area contributed by atoms with E-state index in [1.807, 2.05) is 11.3 Å². The van der Waals surface area contributed by atoms with Gasteiger partial charge in [-0.2, -0.15) is 0 Å². The number of fused-ring (bicyclic) bond motifs is 4. The highest BCUT2D eigenvalue weighted by Crippen LogP contribution is 2.50. The Morgan fingerprint density at radius 3 is 2.90 bits per heavy atom. The fourth-order valence-corrected chi connectivity index (χ4v) is 6.53. The van der Waals surface area contributed by atoms with Gasteiger partial charge in [-0.1, -0.05) is 48.6 Å². The molecule has 0 saturated carbocycles. The van der Waals surface area contributed by atoms with Gasteiger partial charge in [0.05, 0.1) is 11.8 Å². The summed E-state index contributed by atoms with van der Waals surface area (Å²) < 4.78 is 2.73. The van der Waals surface area contributed by atoms with E-state index in [4.69, 9.17) is 0 Å². The Bertz CT molecular complexity index is 1440. The van der Waals surface area contributed by atoms with Gasteiger partial charge in [-0.15, -0.1) is 11.3 Å². The molecule has 4 aliphatic rings. The lowest BCUT2D eigenvalue weighted by atomic mass is 9.70. The van der Waals surface area contributed by atoms with E-state index in [9.17, 15) is 0 Å². The molecule has 3 aromatic rings. The number of allylic oxidation sites excluding steroid dienone is 7. The van der Waals surface area contributed by atoms with Crippen molar-refractivity contribution in [2.45, 2.75) is 25.3 Å². The van der Waals surface area contributed by atoms with E-state index in [1.165, 1.54) is 53.6 Å². The molecule has 0 N–H and O–H groups in total. The molecule has 2 unspecified atom stereocenters. The van der Waals surface area contributed by atoms with Crippen LogP contribution in [0.25, 0.3) is 26.2 Å². The summed E-state index contributed by atoms with van der Waals surface area (Å²) in [6, 6.07) is 9.41. The van der Waals surface area contributed by atoms with Crippen LogP contribution in [0.1, 0.15) is 35.1 Å². The Kier molecular flexibility index (Phi) is 3.01. The lowest BCUT2D eigenvalue weighted by Crippen LogP contribution is -2.17. The normalized spacial score (nSPS) is 23.4. The van der Waals surface area contributed by atoms with Gasteiger partial charge in [0.25, 0.3) is 0 Å². The maximum atomic E-state index is 4.49. The summed E-state index contributed by atoms with van der Waals surface area (Å²) in [5.41, 5.74) is 9.57. The molecule has 0 radical (unpaired) electrons. The predicted molar refractivity (Wildman–Crippen MR) is 125 cm³/mol. The summed E-state index contributed by atoms with van der Waals surface area (Å²) in [5.74, 6) is 0.410. The number of nitrogens with zero attached hydrogens (tertiary/aromatic N) is 2. The average molecular weight is 391 g/mol. The van der Waals surface area contributed by atoms with E-state index in [1.54, 1.807) is 6.34 Å². The summed E-state index contributed by atoms with van der Waals surface area (Å²) in [6.07, 6.45) is 16.5. The third-order valence-corrected chi connectivity index (χ3v) is 7.74. The summed E-state index contributed by atoms with van der Waals surface area (Å²) in [6.45, 7) is 2.11. The van der Waals surface area contributed by atoms with Crippen LogP contribution in [0.5, 0.6) is 0 Å². The van der Waals surface area contributed by atoms with E-state index in [0.717, 1.165) is 12.1 Å². The largest absolute Gasteiger partial charge is 0.264 e. The smallest absolute Gasteiger partial charge is 0.111 e. The standard InChI is InChI=1S/C26H18N2S/c1-14-26(28-13-27-14)18-8-9-19-21(12-18)29-22-11-17-6-5-15-3-2-4-16-7-10-20(25(19)22)24(17)23(15)16/h2-5,7-14,23H,6H2,1H3. The lowest BCUT2D eigenvalue weighted by molar-refractivity contribution is 0.897. The third kappa shape index (κ3) is 2.06. The van der Waals surface area contributed by atoms with Crippen molar-refractivity contribution >= 4 is 49.6 Å². The molecule has 1 aromatic heterocycles. The summed E-state index contributed by atoms with van der Waals surface area (Å²) in [7, 11) is 0. The first kappa shape index (κ1) is 15.8. The minimum Gasteiger partial charge on any atom is -0.264 e. The van der Waals surface area contributed by atoms with Crippen LogP contribution in [0.3, 0.4) is 0 Å². The van der Waals surface area contributed by atoms with Gasteiger partial charge < -0.3 is 0 Å². The number of thiophene rings is 1. The van der Waals surface area contributed by atoms with Gasteiger partial charge in [0, 0.05) is 26.1 Å². The molecule has 2 heterocycles. The molecule has 0 amide bonds. The zero-order chi connectivity index (χ0) is 19.1. The fourth-order valence-electron chi connectivity index (χ4n) is 5.30. The Labute approximate surface area is 173 Å². The number of aliphatic imine (C=N–C) groups is 2. The van der Waals surface area contributed by atoms with Gasteiger partial charge in [0.2, 0.25) is 0 Å². The van der Waals surface area contributed by atoms with Crippen molar-refractivity contribution in [3.63, 3.8) is 0 Å². The van der Waals surface area contributed by atoms with Crippen molar-refractivity contribution in [2.24, 2.45) is 9.98 Å². The predicted octanol–water partition coefficient (Wildman–Crippen LogP) is 6.36. The minimum absolute atomic E-state index is 0.146. The van der Waals surface area contributed by atoms with Crippen LogP contribution in [0.2, 0.25) is 0 Å². The quantitative estimate of drug-likeness (QED) is 0.462. The molecule has 0 bridgehead atoms. The van der Waals surface area contributed by atoms with Crippen molar-refractivity contribution in [3.05, 3.63) is 88.0 Å². The van der Waals surface area contributed by atoms with E-state index < -0.39 is 0 Å². The fraction of sp³-hybridized carbons (Fsp3) is 0.154. The van der Waals surface area contributed by atoms with Gasteiger partial charge in [0.15, 0.2) is 0 Å². The van der Waals surface area contributed by atoms with Crippen molar-refractivity contribution in [1.82, 2.24) is 0 Å². The molecule has 3 aliphatic carbocycles. The van der Waals surface area contributed by atoms with Gasteiger partial charge >= 0.3 is 0 Å². The molecule has 0 spiro atoms. The van der Waals surface area contributed by atoms with Crippen LogP contribution in [0.4, 0.5) is 0 Å². The van der Waals surface area contributed by atoms with Gasteiger partial charge in [-0.05, 0) is 58.9 Å². The van der Waals surface area contributed by atoms with Crippen LogP contribution in [0, 0.1) is 0 Å². The maximum absolute atomic E-state index is 4.49. The second-order valence-electron chi connectivity index (χ2n) is 8.20. The first-order valence-electron chi connectivity index (χ1n) is 10.2. The van der Waals surface area contributed by atoms with Crippen LogP contribution >= 0.6 is 11.3 Å². The molecule has 0 fully saturated rings. The topological polar surface area (TPSA) is 24.7 Å². The molecule has 2 atom stereocenters. The molecule has 29 heavy (non-hydrogen) atoms. The molecule has 0 saturated heterocycles. The highest BCUT2D eigenvalue weighted by Gasteiger charge is 2.32. The summed E-state index contributed by atoms with van der Waals surface area (Å²) in [4.78, 5) is 8.88. The molecule has 7 rings (SSSR count).